The molecule has 1 aromatic rings. The van der Waals surface area contributed by atoms with Crippen LogP contribution in [-0.4, -0.2) is 17.1 Å². The minimum absolute atomic E-state index is 0.0938. The number of nitrogens with one attached hydrogen (secondary N) is 1. The zero-order valence-corrected chi connectivity index (χ0v) is 10.1. The number of carboxylic acids is 1. The standard InChI is InChI=1S/C13H13N3O2/c1-8(2)12(13(17)18)16-11-4-3-9(6-14)10(5-11)7-15/h3-5,8,12,16H,1-2H3,(H,17,18). The average Bonchev–Trinajstić information content (AvgIpc) is 2.34. The molecular weight excluding hydrogens is 230 g/mol. The molecule has 0 amide bonds. The molecule has 1 aromatic carbocycles. The highest BCUT2D eigenvalue weighted by Gasteiger charge is 2.21. The molecule has 1 atom stereocenters. The van der Waals surface area contributed by atoms with Crippen LogP contribution in [0.4, 0.5) is 5.69 Å². The second-order valence-electron chi connectivity index (χ2n) is 4.19. The normalized spacial score (nSPS) is 11.4. The Morgan fingerprint density at radius 1 is 1.28 bits per heavy atom. The molecule has 0 aliphatic heterocycles. The maximum Gasteiger partial charge on any atom is 0.326 e. The van der Waals surface area contributed by atoms with E-state index in [4.69, 9.17) is 15.6 Å². The molecule has 5 heteroatoms. The summed E-state index contributed by atoms with van der Waals surface area (Å²) in [5.74, 6) is -1.04. The molecular formula is C13H13N3O2. The molecule has 1 rings (SSSR count). The number of anilines is 1. The van der Waals surface area contributed by atoms with Gasteiger partial charge >= 0.3 is 5.97 Å². The van der Waals surface area contributed by atoms with E-state index in [-0.39, 0.29) is 17.0 Å². The fraction of sp³-hybridized carbons (Fsp3) is 0.308. The first-order valence-electron chi connectivity index (χ1n) is 5.43. The van der Waals surface area contributed by atoms with Crippen LogP contribution in [0.2, 0.25) is 0 Å². The van der Waals surface area contributed by atoms with Crippen molar-refractivity contribution >= 4 is 11.7 Å². The van der Waals surface area contributed by atoms with Gasteiger partial charge in [0, 0.05) is 5.69 Å². The zero-order chi connectivity index (χ0) is 13.7. The van der Waals surface area contributed by atoms with E-state index < -0.39 is 12.0 Å². The Morgan fingerprint density at radius 3 is 2.33 bits per heavy atom. The molecule has 0 fully saturated rings. The largest absolute Gasteiger partial charge is 0.480 e. The van der Waals surface area contributed by atoms with Gasteiger partial charge in [-0.15, -0.1) is 0 Å². The van der Waals surface area contributed by atoms with Gasteiger partial charge in [-0.05, 0) is 24.1 Å². The van der Waals surface area contributed by atoms with Crippen molar-refractivity contribution in [2.45, 2.75) is 19.9 Å². The van der Waals surface area contributed by atoms with Gasteiger partial charge < -0.3 is 10.4 Å². The van der Waals surface area contributed by atoms with Gasteiger partial charge in [0.1, 0.15) is 18.2 Å². The van der Waals surface area contributed by atoms with Crippen molar-refractivity contribution in [3.63, 3.8) is 0 Å². The number of carboxylic acid groups (broad SMARTS) is 1. The summed E-state index contributed by atoms with van der Waals surface area (Å²) in [7, 11) is 0. The number of nitrogens with zero attached hydrogens (tertiary/aromatic N) is 2. The number of aliphatic carboxylic acids is 1. The maximum atomic E-state index is 11.0. The Kier molecular flexibility index (Phi) is 4.28. The molecule has 0 radical (unpaired) electrons. The van der Waals surface area contributed by atoms with Crippen LogP contribution in [0.25, 0.3) is 0 Å². The van der Waals surface area contributed by atoms with Crippen molar-refractivity contribution in [3.8, 4) is 12.1 Å². The van der Waals surface area contributed by atoms with Gasteiger partial charge in [-0.3, -0.25) is 0 Å². The predicted octanol–water partition coefficient (Wildman–Crippen LogP) is 1.95. The Balaban J connectivity index is 3.03. The van der Waals surface area contributed by atoms with E-state index >= 15 is 0 Å². The van der Waals surface area contributed by atoms with Gasteiger partial charge in [0.15, 0.2) is 0 Å². The smallest absolute Gasteiger partial charge is 0.326 e. The van der Waals surface area contributed by atoms with Gasteiger partial charge in [-0.2, -0.15) is 10.5 Å². The van der Waals surface area contributed by atoms with Crippen LogP contribution in [0.3, 0.4) is 0 Å². The molecule has 92 valence electrons. The van der Waals surface area contributed by atoms with Gasteiger partial charge in [0.05, 0.1) is 11.1 Å². The third-order valence-electron chi connectivity index (χ3n) is 2.52. The molecule has 0 aromatic heterocycles. The van der Waals surface area contributed by atoms with Gasteiger partial charge in [0.25, 0.3) is 0 Å². The van der Waals surface area contributed by atoms with Crippen LogP contribution in [0.15, 0.2) is 18.2 Å². The Bertz CT molecular complexity index is 538. The lowest BCUT2D eigenvalue weighted by atomic mass is 10.0. The Morgan fingerprint density at radius 2 is 1.89 bits per heavy atom. The summed E-state index contributed by atoms with van der Waals surface area (Å²) in [6.07, 6.45) is 0. The van der Waals surface area contributed by atoms with Crippen molar-refractivity contribution in [2.75, 3.05) is 5.32 Å². The minimum atomic E-state index is -0.951. The van der Waals surface area contributed by atoms with E-state index in [0.29, 0.717) is 5.69 Å². The highest BCUT2D eigenvalue weighted by Crippen LogP contribution is 2.17. The fourth-order valence-corrected chi connectivity index (χ4v) is 1.52. The Hall–Kier alpha value is -2.53. The van der Waals surface area contributed by atoms with Crippen LogP contribution in [0.1, 0.15) is 25.0 Å². The summed E-state index contributed by atoms with van der Waals surface area (Å²) in [4.78, 5) is 11.0. The van der Waals surface area contributed by atoms with Crippen molar-refractivity contribution in [1.82, 2.24) is 0 Å². The number of nitriles is 2. The van der Waals surface area contributed by atoms with E-state index in [0.717, 1.165) is 0 Å². The molecule has 0 aliphatic carbocycles. The molecule has 2 N–H and O–H groups in total. The third-order valence-corrected chi connectivity index (χ3v) is 2.52. The van der Waals surface area contributed by atoms with Crippen LogP contribution in [0.5, 0.6) is 0 Å². The number of rotatable bonds is 4. The van der Waals surface area contributed by atoms with Crippen molar-refractivity contribution in [2.24, 2.45) is 5.92 Å². The number of carbonyl (C=O) groups is 1. The van der Waals surface area contributed by atoms with Crippen molar-refractivity contribution < 1.29 is 9.90 Å². The highest BCUT2D eigenvalue weighted by atomic mass is 16.4. The molecule has 0 bridgehead atoms. The third kappa shape index (κ3) is 2.99. The fourth-order valence-electron chi connectivity index (χ4n) is 1.52. The molecule has 0 saturated heterocycles. The summed E-state index contributed by atoms with van der Waals surface area (Å²) < 4.78 is 0. The molecule has 1 unspecified atom stereocenters. The average molecular weight is 243 g/mol. The predicted molar refractivity (Wildman–Crippen MR) is 65.8 cm³/mol. The van der Waals surface area contributed by atoms with E-state index in [9.17, 15) is 4.79 Å². The molecule has 0 saturated carbocycles. The first kappa shape index (κ1) is 13.5. The first-order valence-corrected chi connectivity index (χ1v) is 5.43. The minimum Gasteiger partial charge on any atom is -0.480 e. The molecule has 0 heterocycles. The van der Waals surface area contributed by atoms with E-state index in [2.05, 4.69) is 5.32 Å². The van der Waals surface area contributed by atoms with Gasteiger partial charge in [-0.1, -0.05) is 13.8 Å². The monoisotopic (exact) mass is 243 g/mol. The van der Waals surface area contributed by atoms with E-state index in [1.807, 2.05) is 12.1 Å². The molecule has 5 nitrogen and oxygen atoms in total. The number of benzene rings is 1. The summed E-state index contributed by atoms with van der Waals surface area (Å²) in [6.45, 7) is 3.58. The van der Waals surface area contributed by atoms with E-state index in [1.54, 1.807) is 19.9 Å². The molecule has 0 spiro atoms. The van der Waals surface area contributed by atoms with Crippen LogP contribution < -0.4 is 5.32 Å². The van der Waals surface area contributed by atoms with Crippen LogP contribution in [0, 0.1) is 28.6 Å². The number of hydrogen-bond acceptors (Lipinski definition) is 4. The lowest BCUT2D eigenvalue weighted by Crippen LogP contribution is -2.34. The summed E-state index contributed by atoms with van der Waals surface area (Å²) >= 11 is 0. The van der Waals surface area contributed by atoms with Crippen LogP contribution >= 0.6 is 0 Å². The summed E-state index contributed by atoms with van der Waals surface area (Å²) in [5, 5.41) is 29.6. The molecule has 18 heavy (non-hydrogen) atoms. The highest BCUT2D eigenvalue weighted by molar-refractivity contribution is 5.78. The lowest BCUT2D eigenvalue weighted by Gasteiger charge is -2.19. The van der Waals surface area contributed by atoms with E-state index in [1.165, 1.54) is 12.1 Å². The second-order valence-corrected chi connectivity index (χ2v) is 4.19. The van der Waals surface area contributed by atoms with Crippen LogP contribution in [-0.2, 0) is 4.79 Å². The van der Waals surface area contributed by atoms with Gasteiger partial charge in [-0.25, -0.2) is 4.79 Å². The van der Waals surface area contributed by atoms with Crippen molar-refractivity contribution in [3.05, 3.63) is 29.3 Å². The lowest BCUT2D eigenvalue weighted by molar-refractivity contribution is -0.138. The SMILES string of the molecule is CC(C)C(Nc1ccc(C#N)c(C#N)c1)C(=O)O. The number of hydrogen-bond donors (Lipinski definition) is 2. The topological polar surface area (TPSA) is 96.9 Å². The second kappa shape index (κ2) is 5.70. The first-order chi connectivity index (χ1) is 8.49. The maximum absolute atomic E-state index is 11.0. The zero-order valence-electron chi connectivity index (χ0n) is 10.1. The van der Waals surface area contributed by atoms with Crippen molar-refractivity contribution in [1.29, 1.82) is 10.5 Å². The summed E-state index contributed by atoms with van der Waals surface area (Å²) in [5.41, 5.74) is 1.03. The molecule has 0 aliphatic rings. The van der Waals surface area contributed by atoms with Gasteiger partial charge in [0.2, 0.25) is 0 Å². The Labute approximate surface area is 105 Å². The quantitative estimate of drug-likeness (QED) is 0.842. The summed E-state index contributed by atoms with van der Waals surface area (Å²) in [6, 6.07) is 7.66.